The summed E-state index contributed by atoms with van der Waals surface area (Å²) >= 11 is 0. The van der Waals surface area contributed by atoms with Gasteiger partial charge in [0.15, 0.2) is 0 Å². The van der Waals surface area contributed by atoms with Crippen molar-refractivity contribution >= 4 is 5.97 Å². The zero-order valence-electron chi connectivity index (χ0n) is 11.2. The van der Waals surface area contributed by atoms with Gasteiger partial charge in [0.05, 0.1) is 13.7 Å². The summed E-state index contributed by atoms with van der Waals surface area (Å²) in [4.78, 5) is 12.8. The molecule has 0 fully saturated rings. The van der Waals surface area contributed by atoms with Gasteiger partial charge in [-0.05, 0) is 30.7 Å². The fraction of sp³-hybridized carbons (Fsp3) is 0.500. The number of rotatable bonds is 7. The van der Waals surface area contributed by atoms with Gasteiger partial charge in [-0.3, -0.25) is 9.69 Å². The van der Waals surface area contributed by atoms with E-state index in [4.69, 9.17) is 9.84 Å². The molecule has 0 aliphatic carbocycles. The number of ether oxygens (including phenoxy) is 1. The van der Waals surface area contributed by atoms with Crippen LogP contribution >= 0.6 is 0 Å². The molecule has 0 saturated carbocycles. The summed E-state index contributed by atoms with van der Waals surface area (Å²) in [6.45, 7) is 4.84. The van der Waals surface area contributed by atoms with E-state index in [1.807, 2.05) is 36.1 Å². The monoisotopic (exact) mass is 251 g/mol. The predicted molar refractivity (Wildman–Crippen MR) is 70.9 cm³/mol. The topological polar surface area (TPSA) is 49.8 Å². The summed E-state index contributed by atoms with van der Waals surface area (Å²) in [5, 5.41) is 8.93. The molecule has 0 aromatic heterocycles. The molecule has 100 valence electrons. The van der Waals surface area contributed by atoms with Crippen LogP contribution in [0.3, 0.4) is 0 Å². The summed E-state index contributed by atoms with van der Waals surface area (Å²) in [5.41, 5.74) is 1.13. The van der Waals surface area contributed by atoms with Gasteiger partial charge in [-0.25, -0.2) is 0 Å². The number of benzene rings is 1. The molecule has 0 bridgehead atoms. The molecule has 1 atom stereocenters. The van der Waals surface area contributed by atoms with Gasteiger partial charge in [-0.1, -0.05) is 26.0 Å². The summed E-state index contributed by atoms with van der Waals surface area (Å²) in [6.07, 6.45) is 0.882. The zero-order valence-corrected chi connectivity index (χ0v) is 11.2. The number of hydrogen-bond donors (Lipinski definition) is 1. The Balaban J connectivity index is 2.88. The van der Waals surface area contributed by atoms with Crippen LogP contribution in [-0.2, 0) is 4.79 Å². The van der Waals surface area contributed by atoms with Gasteiger partial charge in [-0.15, -0.1) is 0 Å². The predicted octanol–water partition coefficient (Wildman–Crippen LogP) is 2.55. The van der Waals surface area contributed by atoms with Crippen molar-refractivity contribution in [1.82, 2.24) is 4.90 Å². The minimum atomic E-state index is -0.788. The van der Waals surface area contributed by atoms with Crippen LogP contribution in [0.1, 0.15) is 31.9 Å². The second-order valence-corrected chi connectivity index (χ2v) is 4.15. The molecule has 1 unspecified atom stereocenters. The Hall–Kier alpha value is -1.55. The lowest BCUT2D eigenvalue weighted by Gasteiger charge is -2.28. The van der Waals surface area contributed by atoms with Crippen molar-refractivity contribution in [2.45, 2.75) is 26.3 Å². The fourth-order valence-electron chi connectivity index (χ4n) is 2.15. The van der Waals surface area contributed by atoms with Crippen LogP contribution < -0.4 is 4.74 Å². The maximum atomic E-state index is 10.9. The van der Waals surface area contributed by atoms with Crippen LogP contribution in [0.5, 0.6) is 5.75 Å². The van der Waals surface area contributed by atoms with Crippen LogP contribution in [0, 0.1) is 0 Å². The van der Waals surface area contributed by atoms with Crippen LogP contribution in [0.15, 0.2) is 24.3 Å². The van der Waals surface area contributed by atoms with Crippen molar-refractivity contribution in [3.05, 3.63) is 29.8 Å². The number of nitrogens with zero attached hydrogens (tertiary/aromatic N) is 1. The van der Waals surface area contributed by atoms with Crippen molar-refractivity contribution in [1.29, 1.82) is 0 Å². The van der Waals surface area contributed by atoms with Gasteiger partial charge in [-0.2, -0.15) is 0 Å². The first-order chi connectivity index (χ1) is 8.62. The Morgan fingerprint density at radius 3 is 2.33 bits per heavy atom. The zero-order chi connectivity index (χ0) is 13.5. The Kier molecular flexibility index (Phi) is 5.65. The Labute approximate surface area is 108 Å². The summed E-state index contributed by atoms with van der Waals surface area (Å²) in [5.74, 6) is 0.0266. The van der Waals surface area contributed by atoms with Gasteiger partial charge in [0, 0.05) is 6.04 Å². The second-order valence-electron chi connectivity index (χ2n) is 4.15. The molecule has 4 heteroatoms. The summed E-state index contributed by atoms with van der Waals surface area (Å²) in [7, 11) is 1.63. The summed E-state index contributed by atoms with van der Waals surface area (Å²) < 4.78 is 5.13. The highest BCUT2D eigenvalue weighted by atomic mass is 16.5. The van der Waals surface area contributed by atoms with Crippen molar-refractivity contribution < 1.29 is 14.6 Å². The molecule has 18 heavy (non-hydrogen) atoms. The Morgan fingerprint density at radius 2 is 1.94 bits per heavy atom. The fourth-order valence-corrected chi connectivity index (χ4v) is 2.15. The van der Waals surface area contributed by atoms with Crippen molar-refractivity contribution in [2.75, 3.05) is 20.2 Å². The van der Waals surface area contributed by atoms with Crippen LogP contribution in [-0.4, -0.2) is 36.2 Å². The average Bonchev–Trinajstić information content (AvgIpc) is 2.38. The van der Waals surface area contributed by atoms with Gasteiger partial charge in [0.25, 0.3) is 0 Å². The molecular formula is C14H21NO3. The first-order valence-corrected chi connectivity index (χ1v) is 6.22. The molecule has 0 radical (unpaired) electrons. The molecule has 0 amide bonds. The van der Waals surface area contributed by atoms with Crippen LogP contribution in [0.25, 0.3) is 0 Å². The smallest absolute Gasteiger partial charge is 0.317 e. The van der Waals surface area contributed by atoms with Crippen molar-refractivity contribution in [3.8, 4) is 5.75 Å². The lowest BCUT2D eigenvalue weighted by molar-refractivity contribution is -0.138. The molecule has 0 heterocycles. The highest BCUT2D eigenvalue weighted by Gasteiger charge is 2.19. The van der Waals surface area contributed by atoms with E-state index >= 15 is 0 Å². The van der Waals surface area contributed by atoms with E-state index in [0.717, 1.165) is 24.3 Å². The Morgan fingerprint density at radius 1 is 1.33 bits per heavy atom. The molecule has 0 aliphatic rings. The Bertz CT molecular complexity index is 375. The first-order valence-electron chi connectivity index (χ1n) is 6.22. The molecule has 1 N–H and O–H groups in total. The lowest BCUT2D eigenvalue weighted by Crippen LogP contribution is -2.33. The number of hydrogen-bond acceptors (Lipinski definition) is 3. The number of carbonyl (C=O) groups is 1. The highest BCUT2D eigenvalue weighted by Crippen LogP contribution is 2.25. The quantitative estimate of drug-likeness (QED) is 0.809. The highest BCUT2D eigenvalue weighted by molar-refractivity contribution is 5.69. The van der Waals surface area contributed by atoms with E-state index in [1.165, 1.54) is 0 Å². The van der Waals surface area contributed by atoms with E-state index in [1.54, 1.807) is 7.11 Å². The minimum Gasteiger partial charge on any atom is -0.497 e. The molecular weight excluding hydrogens is 230 g/mol. The van der Waals surface area contributed by atoms with Gasteiger partial charge in [0.1, 0.15) is 5.75 Å². The third-order valence-electron chi connectivity index (χ3n) is 3.07. The standard InChI is InChI=1S/C14H21NO3/c1-4-13(15(5-2)10-14(16)17)11-6-8-12(18-3)9-7-11/h6-9,13H,4-5,10H2,1-3H3,(H,16,17). The third-order valence-corrected chi connectivity index (χ3v) is 3.07. The largest absolute Gasteiger partial charge is 0.497 e. The van der Waals surface area contributed by atoms with E-state index in [0.29, 0.717) is 0 Å². The summed E-state index contributed by atoms with van der Waals surface area (Å²) in [6, 6.07) is 7.95. The molecule has 0 spiro atoms. The third kappa shape index (κ3) is 3.74. The van der Waals surface area contributed by atoms with E-state index in [2.05, 4.69) is 6.92 Å². The number of carboxylic acids is 1. The van der Waals surface area contributed by atoms with Gasteiger partial charge < -0.3 is 9.84 Å². The molecule has 1 aromatic rings. The number of methoxy groups -OCH3 is 1. The van der Waals surface area contributed by atoms with E-state index < -0.39 is 5.97 Å². The van der Waals surface area contributed by atoms with Crippen LogP contribution in [0.4, 0.5) is 0 Å². The maximum absolute atomic E-state index is 10.9. The minimum absolute atomic E-state index is 0.0705. The van der Waals surface area contributed by atoms with Gasteiger partial charge in [0.2, 0.25) is 0 Å². The second kappa shape index (κ2) is 7.01. The first kappa shape index (κ1) is 14.5. The molecule has 0 aliphatic heterocycles. The number of carboxylic acid groups (broad SMARTS) is 1. The average molecular weight is 251 g/mol. The van der Waals surface area contributed by atoms with Crippen LogP contribution in [0.2, 0.25) is 0 Å². The number of likely N-dealkylation sites (N-methyl/N-ethyl adjacent to an activating group) is 1. The van der Waals surface area contributed by atoms with Gasteiger partial charge >= 0.3 is 5.97 Å². The van der Waals surface area contributed by atoms with E-state index in [-0.39, 0.29) is 12.6 Å². The normalized spacial score (nSPS) is 12.4. The molecule has 4 nitrogen and oxygen atoms in total. The molecule has 0 saturated heterocycles. The molecule has 1 rings (SSSR count). The maximum Gasteiger partial charge on any atom is 0.317 e. The molecule has 1 aromatic carbocycles. The van der Waals surface area contributed by atoms with Crippen molar-refractivity contribution in [2.24, 2.45) is 0 Å². The van der Waals surface area contributed by atoms with E-state index in [9.17, 15) is 4.79 Å². The SMILES string of the molecule is CCC(c1ccc(OC)cc1)N(CC)CC(=O)O. The van der Waals surface area contributed by atoms with Crippen molar-refractivity contribution in [3.63, 3.8) is 0 Å². The number of aliphatic carboxylic acids is 1. The lowest BCUT2D eigenvalue weighted by atomic mass is 10.0.